The van der Waals surface area contributed by atoms with Gasteiger partial charge in [0.15, 0.2) is 0 Å². The van der Waals surface area contributed by atoms with Crippen molar-refractivity contribution in [3.63, 3.8) is 0 Å². The predicted molar refractivity (Wildman–Crippen MR) is 78.8 cm³/mol. The average molecular weight is 337 g/mol. The molecule has 19 heavy (non-hydrogen) atoms. The highest BCUT2D eigenvalue weighted by atomic mass is 35.5. The molecule has 102 valence electrons. The largest absolute Gasteiger partial charge is 0.266 e. The Hall–Kier alpha value is -0.820. The summed E-state index contributed by atoms with van der Waals surface area (Å²) in [5, 5.41) is 0. The maximum absolute atomic E-state index is 12.6. The third kappa shape index (κ3) is 2.86. The molecule has 8 heteroatoms. The van der Waals surface area contributed by atoms with Crippen molar-refractivity contribution >= 4 is 50.2 Å². The van der Waals surface area contributed by atoms with E-state index in [9.17, 15) is 8.42 Å². The van der Waals surface area contributed by atoms with Crippen molar-refractivity contribution in [3.8, 4) is 0 Å². The summed E-state index contributed by atoms with van der Waals surface area (Å²) in [5.74, 6) is 0. The molecule has 0 amide bonds. The lowest BCUT2D eigenvalue weighted by molar-refractivity contribution is 0.592. The minimum atomic E-state index is -3.73. The number of nitrogens with zero attached hydrogens (tertiary/aromatic N) is 2. The Morgan fingerprint density at radius 1 is 1.42 bits per heavy atom. The quantitative estimate of drug-likeness (QED) is 0.855. The Labute approximate surface area is 125 Å². The number of hydrogen-bond acceptors (Lipinski definition) is 4. The number of anilines is 1. The molecule has 0 bridgehead atoms. The number of rotatable bonds is 4. The molecule has 2 rings (SSSR count). The first-order chi connectivity index (χ1) is 8.96. The Kier molecular flexibility index (Phi) is 4.35. The third-order valence-corrected chi connectivity index (χ3v) is 6.07. The van der Waals surface area contributed by atoms with E-state index in [1.807, 2.05) is 0 Å². The van der Waals surface area contributed by atoms with Crippen LogP contribution in [0.5, 0.6) is 0 Å². The van der Waals surface area contributed by atoms with Gasteiger partial charge in [-0.2, -0.15) is 0 Å². The van der Waals surface area contributed by atoms with E-state index in [0.29, 0.717) is 10.0 Å². The van der Waals surface area contributed by atoms with Gasteiger partial charge in [-0.3, -0.25) is 9.29 Å². The second-order valence-electron chi connectivity index (χ2n) is 3.57. The minimum absolute atomic E-state index is 0.0230. The first kappa shape index (κ1) is 14.6. The van der Waals surface area contributed by atoms with Crippen LogP contribution in [0, 0.1) is 0 Å². The van der Waals surface area contributed by atoms with Crippen molar-refractivity contribution in [1.29, 1.82) is 0 Å². The summed E-state index contributed by atoms with van der Waals surface area (Å²) in [6, 6.07) is 4.72. The van der Waals surface area contributed by atoms with Gasteiger partial charge in [-0.25, -0.2) is 8.42 Å². The van der Waals surface area contributed by atoms with Crippen molar-refractivity contribution < 1.29 is 8.42 Å². The monoisotopic (exact) mass is 336 g/mol. The number of sulfonamides is 1. The molecule has 0 unspecified atom stereocenters. The summed E-state index contributed by atoms with van der Waals surface area (Å²) in [5.41, 5.74) is 0.489. The van der Waals surface area contributed by atoms with Crippen LogP contribution < -0.4 is 4.31 Å². The van der Waals surface area contributed by atoms with Gasteiger partial charge < -0.3 is 0 Å². The van der Waals surface area contributed by atoms with Crippen LogP contribution in [-0.2, 0) is 10.0 Å². The molecule has 0 saturated carbocycles. The van der Waals surface area contributed by atoms with E-state index in [-0.39, 0.29) is 15.8 Å². The van der Waals surface area contributed by atoms with E-state index in [1.165, 1.54) is 16.6 Å². The summed E-state index contributed by atoms with van der Waals surface area (Å²) < 4.78 is 26.9. The van der Waals surface area contributed by atoms with Crippen LogP contribution in [0.25, 0.3) is 0 Å². The standard InChI is InChI=1S/C11H10Cl2N2O2S2/c1-2-15(8-4-3-5-14-7-8)19(16,17)9-6-10(12)18-11(9)13/h3-7H,2H2,1H3. The summed E-state index contributed by atoms with van der Waals surface area (Å²) in [7, 11) is -3.73. The molecule has 0 atom stereocenters. The molecule has 2 heterocycles. The van der Waals surface area contributed by atoms with Gasteiger partial charge >= 0.3 is 0 Å². The smallest absolute Gasteiger partial charge is 0.265 e. The van der Waals surface area contributed by atoms with Gasteiger partial charge in [-0.15, -0.1) is 11.3 Å². The summed E-state index contributed by atoms with van der Waals surface area (Å²) in [6.07, 6.45) is 3.07. The zero-order chi connectivity index (χ0) is 14.0. The van der Waals surface area contributed by atoms with Gasteiger partial charge in [0.05, 0.1) is 16.2 Å². The zero-order valence-electron chi connectivity index (χ0n) is 9.88. The SMILES string of the molecule is CCN(c1cccnc1)S(=O)(=O)c1cc(Cl)sc1Cl. The molecule has 0 spiro atoms. The fourth-order valence-electron chi connectivity index (χ4n) is 1.61. The lowest BCUT2D eigenvalue weighted by Gasteiger charge is -2.21. The highest BCUT2D eigenvalue weighted by Crippen LogP contribution is 2.36. The van der Waals surface area contributed by atoms with E-state index in [0.717, 1.165) is 11.3 Å². The first-order valence-corrected chi connectivity index (χ1v) is 8.35. The molecule has 0 aliphatic heterocycles. The van der Waals surface area contributed by atoms with Crippen LogP contribution in [0.4, 0.5) is 5.69 Å². The number of pyridine rings is 1. The van der Waals surface area contributed by atoms with Crippen LogP contribution in [0.15, 0.2) is 35.5 Å². The van der Waals surface area contributed by atoms with Gasteiger partial charge in [0.2, 0.25) is 0 Å². The first-order valence-electron chi connectivity index (χ1n) is 5.34. The molecule has 2 aromatic heterocycles. The van der Waals surface area contributed by atoms with Crippen molar-refractivity contribution in [2.75, 3.05) is 10.8 Å². The van der Waals surface area contributed by atoms with Gasteiger partial charge in [0.1, 0.15) is 9.23 Å². The Balaban J connectivity index is 2.51. The number of aromatic nitrogens is 1. The van der Waals surface area contributed by atoms with Crippen LogP contribution >= 0.6 is 34.5 Å². The van der Waals surface area contributed by atoms with E-state index < -0.39 is 10.0 Å². The molecular formula is C11H10Cl2N2O2S2. The molecule has 0 saturated heterocycles. The zero-order valence-corrected chi connectivity index (χ0v) is 13.0. The molecule has 0 aliphatic carbocycles. The predicted octanol–water partition coefficient (Wildman–Crippen LogP) is 3.67. The summed E-state index contributed by atoms with van der Waals surface area (Å²) >= 11 is 12.8. The van der Waals surface area contributed by atoms with E-state index >= 15 is 0 Å². The Morgan fingerprint density at radius 2 is 2.16 bits per heavy atom. The number of halogens is 2. The third-order valence-electron chi connectivity index (χ3n) is 2.41. The highest BCUT2D eigenvalue weighted by molar-refractivity contribution is 7.93. The van der Waals surface area contributed by atoms with Crippen molar-refractivity contribution in [2.45, 2.75) is 11.8 Å². The van der Waals surface area contributed by atoms with E-state index in [2.05, 4.69) is 4.98 Å². The fraction of sp³-hybridized carbons (Fsp3) is 0.182. The van der Waals surface area contributed by atoms with Gasteiger partial charge in [0, 0.05) is 12.7 Å². The maximum Gasteiger partial charge on any atom is 0.266 e. The average Bonchev–Trinajstić information content (AvgIpc) is 2.71. The molecule has 0 N–H and O–H groups in total. The van der Waals surface area contributed by atoms with Crippen molar-refractivity contribution in [2.24, 2.45) is 0 Å². The van der Waals surface area contributed by atoms with Gasteiger partial charge in [-0.1, -0.05) is 23.2 Å². The summed E-state index contributed by atoms with van der Waals surface area (Å²) in [4.78, 5) is 3.95. The van der Waals surface area contributed by atoms with Crippen molar-refractivity contribution in [3.05, 3.63) is 39.3 Å². The summed E-state index contributed by atoms with van der Waals surface area (Å²) in [6.45, 7) is 2.02. The van der Waals surface area contributed by atoms with E-state index in [4.69, 9.17) is 23.2 Å². The fourth-order valence-corrected chi connectivity index (χ4v) is 5.19. The number of hydrogen-bond donors (Lipinski definition) is 0. The van der Waals surface area contributed by atoms with Crippen LogP contribution in [0.2, 0.25) is 8.67 Å². The van der Waals surface area contributed by atoms with Crippen molar-refractivity contribution in [1.82, 2.24) is 4.98 Å². The van der Waals surface area contributed by atoms with Gasteiger partial charge in [0.25, 0.3) is 10.0 Å². The molecular weight excluding hydrogens is 327 g/mol. The minimum Gasteiger partial charge on any atom is -0.265 e. The Morgan fingerprint density at radius 3 is 2.63 bits per heavy atom. The molecule has 0 aliphatic rings. The lowest BCUT2D eigenvalue weighted by atomic mass is 10.4. The molecule has 0 aromatic carbocycles. The van der Waals surface area contributed by atoms with E-state index in [1.54, 1.807) is 25.3 Å². The van der Waals surface area contributed by atoms with Crippen LogP contribution in [-0.4, -0.2) is 19.9 Å². The second kappa shape index (κ2) is 5.66. The molecule has 2 aromatic rings. The normalized spacial score (nSPS) is 11.5. The molecule has 0 radical (unpaired) electrons. The highest BCUT2D eigenvalue weighted by Gasteiger charge is 2.28. The maximum atomic E-state index is 12.6. The Bertz CT molecular complexity index is 671. The van der Waals surface area contributed by atoms with Crippen LogP contribution in [0.1, 0.15) is 6.92 Å². The second-order valence-corrected chi connectivity index (χ2v) is 7.69. The number of thiophene rings is 1. The van der Waals surface area contributed by atoms with Crippen LogP contribution in [0.3, 0.4) is 0 Å². The van der Waals surface area contributed by atoms with Gasteiger partial charge in [-0.05, 0) is 25.1 Å². The topological polar surface area (TPSA) is 50.3 Å². The molecule has 4 nitrogen and oxygen atoms in total. The molecule has 0 fully saturated rings. The lowest BCUT2D eigenvalue weighted by Crippen LogP contribution is -2.30.